The Morgan fingerprint density at radius 1 is 1.31 bits per heavy atom. The summed E-state index contributed by atoms with van der Waals surface area (Å²) in [6, 6.07) is 8.85. The molecule has 0 saturated heterocycles. The molecule has 0 aliphatic rings. The van der Waals surface area contributed by atoms with E-state index in [4.69, 9.17) is 0 Å². The predicted molar refractivity (Wildman–Crippen MR) is 59.0 cm³/mol. The number of rotatable bonds is 4. The minimum Gasteiger partial charge on any atom is -0.103 e. The maximum atomic E-state index is 3.73. The van der Waals surface area contributed by atoms with E-state index in [0.717, 1.165) is 6.42 Å². The summed E-state index contributed by atoms with van der Waals surface area (Å²) in [5.74, 6) is 0.679. The molecule has 0 fully saturated rings. The smallest absolute Gasteiger partial charge is 0.0100 e. The van der Waals surface area contributed by atoms with E-state index >= 15 is 0 Å². The van der Waals surface area contributed by atoms with Crippen LogP contribution in [0.15, 0.2) is 36.9 Å². The molecular formula is C13H18. The van der Waals surface area contributed by atoms with Crippen LogP contribution in [0.3, 0.4) is 0 Å². The molecule has 0 aliphatic carbocycles. The van der Waals surface area contributed by atoms with Crippen molar-refractivity contribution in [3.63, 3.8) is 0 Å². The minimum atomic E-state index is 0.679. The van der Waals surface area contributed by atoms with E-state index in [0.29, 0.717) is 5.92 Å². The average Bonchev–Trinajstić information content (AvgIpc) is 2.18. The molecule has 0 N–H and O–H groups in total. The molecule has 0 amide bonds. The van der Waals surface area contributed by atoms with Crippen molar-refractivity contribution < 1.29 is 0 Å². The highest BCUT2D eigenvalue weighted by atomic mass is 14.1. The number of hydrogen-bond donors (Lipinski definition) is 0. The van der Waals surface area contributed by atoms with Crippen LogP contribution in [0.5, 0.6) is 0 Å². The molecule has 0 radical (unpaired) electrons. The zero-order valence-electron chi connectivity index (χ0n) is 8.59. The molecular weight excluding hydrogens is 156 g/mol. The first-order valence-corrected chi connectivity index (χ1v) is 4.97. The lowest BCUT2D eigenvalue weighted by Gasteiger charge is -2.08. The number of hydrogen-bond acceptors (Lipinski definition) is 0. The third-order valence-corrected chi connectivity index (χ3v) is 2.54. The van der Waals surface area contributed by atoms with Crippen LogP contribution in [0.4, 0.5) is 0 Å². The zero-order valence-corrected chi connectivity index (χ0v) is 8.59. The van der Waals surface area contributed by atoms with E-state index in [9.17, 15) is 0 Å². The highest BCUT2D eigenvalue weighted by molar-refractivity contribution is 5.26. The standard InChI is InChI=1S/C13H18/c1-4-6-12-7-9-13(10-8-12)11(3)5-2/h4,7-11H,1,5-6H2,2-3H3. The summed E-state index contributed by atoms with van der Waals surface area (Å²) in [5.41, 5.74) is 2.79. The second kappa shape index (κ2) is 4.86. The minimum absolute atomic E-state index is 0.679. The van der Waals surface area contributed by atoms with Gasteiger partial charge in [-0.05, 0) is 29.9 Å². The van der Waals surface area contributed by atoms with E-state index in [1.807, 2.05) is 6.08 Å². The van der Waals surface area contributed by atoms with Gasteiger partial charge in [-0.15, -0.1) is 6.58 Å². The van der Waals surface area contributed by atoms with E-state index in [1.54, 1.807) is 0 Å². The highest BCUT2D eigenvalue weighted by Gasteiger charge is 2.01. The van der Waals surface area contributed by atoms with Crippen molar-refractivity contribution >= 4 is 0 Å². The van der Waals surface area contributed by atoms with Crippen molar-refractivity contribution in [2.45, 2.75) is 32.6 Å². The Morgan fingerprint density at radius 3 is 2.38 bits per heavy atom. The lowest BCUT2D eigenvalue weighted by Crippen LogP contribution is -1.91. The summed E-state index contributed by atoms with van der Waals surface area (Å²) in [7, 11) is 0. The molecule has 1 unspecified atom stereocenters. The molecule has 0 heteroatoms. The zero-order chi connectivity index (χ0) is 9.68. The molecule has 0 saturated carbocycles. The van der Waals surface area contributed by atoms with Crippen LogP contribution in [0.25, 0.3) is 0 Å². The van der Waals surface area contributed by atoms with E-state index in [2.05, 4.69) is 44.7 Å². The topological polar surface area (TPSA) is 0 Å². The van der Waals surface area contributed by atoms with Gasteiger partial charge in [0.2, 0.25) is 0 Å². The largest absolute Gasteiger partial charge is 0.103 e. The first kappa shape index (κ1) is 10.0. The van der Waals surface area contributed by atoms with Gasteiger partial charge in [0.15, 0.2) is 0 Å². The molecule has 1 aromatic rings. The van der Waals surface area contributed by atoms with Gasteiger partial charge in [-0.2, -0.15) is 0 Å². The first-order chi connectivity index (χ1) is 6.27. The molecule has 0 heterocycles. The Bertz CT molecular complexity index is 256. The Morgan fingerprint density at radius 2 is 1.92 bits per heavy atom. The van der Waals surface area contributed by atoms with Gasteiger partial charge in [0.25, 0.3) is 0 Å². The summed E-state index contributed by atoms with van der Waals surface area (Å²) in [5, 5.41) is 0. The third-order valence-electron chi connectivity index (χ3n) is 2.54. The van der Waals surface area contributed by atoms with E-state index < -0.39 is 0 Å². The second-order valence-electron chi connectivity index (χ2n) is 3.54. The van der Waals surface area contributed by atoms with Crippen LogP contribution in [-0.4, -0.2) is 0 Å². The van der Waals surface area contributed by atoms with Crippen molar-refractivity contribution in [3.05, 3.63) is 48.0 Å². The van der Waals surface area contributed by atoms with Gasteiger partial charge >= 0.3 is 0 Å². The van der Waals surface area contributed by atoms with Gasteiger partial charge < -0.3 is 0 Å². The van der Waals surface area contributed by atoms with Crippen LogP contribution in [0, 0.1) is 0 Å². The van der Waals surface area contributed by atoms with E-state index in [1.165, 1.54) is 17.5 Å². The molecule has 0 nitrogen and oxygen atoms in total. The lowest BCUT2D eigenvalue weighted by molar-refractivity contribution is 0.733. The fraction of sp³-hybridized carbons (Fsp3) is 0.385. The molecule has 1 rings (SSSR count). The second-order valence-corrected chi connectivity index (χ2v) is 3.54. The summed E-state index contributed by atoms with van der Waals surface area (Å²) in [4.78, 5) is 0. The molecule has 13 heavy (non-hydrogen) atoms. The number of benzene rings is 1. The quantitative estimate of drug-likeness (QED) is 0.607. The van der Waals surface area contributed by atoms with E-state index in [-0.39, 0.29) is 0 Å². The summed E-state index contributed by atoms with van der Waals surface area (Å²) in [6.45, 7) is 8.22. The van der Waals surface area contributed by atoms with Gasteiger partial charge in [0.1, 0.15) is 0 Å². The summed E-state index contributed by atoms with van der Waals surface area (Å²) in [6.07, 6.45) is 4.12. The van der Waals surface area contributed by atoms with Gasteiger partial charge in [0.05, 0.1) is 0 Å². The Hall–Kier alpha value is -1.04. The fourth-order valence-electron chi connectivity index (χ4n) is 1.38. The molecule has 0 bridgehead atoms. The normalized spacial score (nSPS) is 12.5. The molecule has 0 aromatic heterocycles. The molecule has 1 aromatic carbocycles. The molecule has 1 atom stereocenters. The predicted octanol–water partition coefficient (Wildman–Crippen LogP) is 3.93. The van der Waals surface area contributed by atoms with Crippen molar-refractivity contribution in [2.24, 2.45) is 0 Å². The Labute approximate surface area is 81.3 Å². The van der Waals surface area contributed by atoms with Crippen LogP contribution in [-0.2, 0) is 6.42 Å². The van der Waals surface area contributed by atoms with Crippen molar-refractivity contribution in [2.75, 3.05) is 0 Å². The maximum Gasteiger partial charge on any atom is -0.0100 e. The maximum absolute atomic E-state index is 3.73. The van der Waals surface area contributed by atoms with Gasteiger partial charge in [-0.3, -0.25) is 0 Å². The van der Waals surface area contributed by atoms with Gasteiger partial charge in [-0.1, -0.05) is 44.2 Å². The van der Waals surface area contributed by atoms with Crippen molar-refractivity contribution in [1.82, 2.24) is 0 Å². The monoisotopic (exact) mass is 174 g/mol. The van der Waals surface area contributed by atoms with Crippen LogP contribution < -0.4 is 0 Å². The van der Waals surface area contributed by atoms with Gasteiger partial charge in [-0.25, -0.2) is 0 Å². The SMILES string of the molecule is C=CCc1ccc(C(C)CC)cc1. The third kappa shape index (κ3) is 2.73. The van der Waals surface area contributed by atoms with Crippen molar-refractivity contribution in [3.8, 4) is 0 Å². The van der Waals surface area contributed by atoms with Crippen LogP contribution >= 0.6 is 0 Å². The first-order valence-electron chi connectivity index (χ1n) is 4.97. The fourth-order valence-corrected chi connectivity index (χ4v) is 1.38. The molecule has 0 aliphatic heterocycles. The Balaban J connectivity index is 2.74. The van der Waals surface area contributed by atoms with Crippen molar-refractivity contribution in [1.29, 1.82) is 0 Å². The van der Waals surface area contributed by atoms with Crippen LogP contribution in [0.2, 0.25) is 0 Å². The molecule has 70 valence electrons. The molecule has 0 spiro atoms. The summed E-state index contributed by atoms with van der Waals surface area (Å²) >= 11 is 0. The average molecular weight is 174 g/mol. The lowest BCUT2D eigenvalue weighted by atomic mass is 9.97. The summed E-state index contributed by atoms with van der Waals surface area (Å²) < 4.78 is 0. The van der Waals surface area contributed by atoms with Crippen LogP contribution in [0.1, 0.15) is 37.3 Å². The number of allylic oxidation sites excluding steroid dienone is 1. The highest BCUT2D eigenvalue weighted by Crippen LogP contribution is 2.18. The Kier molecular flexibility index (Phi) is 3.75. The van der Waals surface area contributed by atoms with Gasteiger partial charge in [0, 0.05) is 0 Å².